The number of ether oxygens (including phenoxy) is 1. The van der Waals surface area contributed by atoms with Crippen LogP contribution in [0.2, 0.25) is 0 Å². The van der Waals surface area contributed by atoms with Gasteiger partial charge in [-0.3, -0.25) is 15.0 Å². The Kier molecular flexibility index (Phi) is 5.39. The van der Waals surface area contributed by atoms with Crippen LogP contribution in [-0.4, -0.2) is 23.5 Å². The molecule has 0 spiro atoms. The topological polar surface area (TPSA) is 102 Å². The molecule has 1 aliphatic rings. The maximum absolute atomic E-state index is 12.8. The van der Waals surface area contributed by atoms with Crippen molar-refractivity contribution in [2.45, 2.75) is 19.9 Å². The molecule has 0 fully saturated rings. The van der Waals surface area contributed by atoms with E-state index in [0.29, 0.717) is 16.9 Å². The normalized spacial score (nSPS) is 16.6. The van der Waals surface area contributed by atoms with Crippen molar-refractivity contribution < 1.29 is 19.2 Å². The molecular weight excluding hydrogens is 362 g/mol. The molecule has 0 aromatic heterocycles. The predicted molar refractivity (Wildman–Crippen MR) is 103 cm³/mol. The molecule has 1 atom stereocenters. The summed E-state index contributed by atoms with van der Waals surface area (Å²) in [5, 5.41) is 13.9. The van der Waals surface area contributed by atoms with Gasteiger partial charge in [0.15, 0.2) is 0 Å². The van der Waals surface area contributed by atoms with E-state index < -0.39 is 23.0 Å². The molecule has 2 aromatic carbocycles. The van der Waals surface area contributed by atoms with E-state index in [4.69, 9.17) is 4.74 Å². The Morgan fingerprint density at radius 3 is 2.57 bits per heavy atom. The van der Waals surface area contributed by atoms with Crippen LogP contribution in [0.5, 0.6) is 0 Å². The van der Waals surface area contributed by atoms with E-state index in [1.165, 1.54) is 23.1 Å². The summed E-state index contributed by atoms with van der Waals surface area (Å²) >= 11 is 0. The summed E-state index contributed by atoms with van der Waals surface area (Å²) in [6.45, 7) is 3.51. The van der Waals surface area contributed by atoms with Crippen molar-refractivity contribution in [1.29, 1.82) is 0 Å². The molecular formula is C20H19N3O5. The van der Waals surface area contributed by atoms with Crippen LogP contribution in [0.25, 0.3) is 0 Å². The lowest BCUT2D eigenvalue weighted by Crippen LogP contribution is -2.48. The molecule has 1 aliphatic heterocycles. The van der Waals surface area contributed by atoms with Crippen LogP contribution in [0.3, 0.4) is 0 Å². The maximum Gasteiger partial charge on any atom is 0.338 e. The number of amides is 2. The van der Waals surface area contributed by atoms with Crippen molar-refractivity contribution in [2.75, 3.05) is 11.5 Å². The SMILES string of the molecule is CCOC(=O)C1=C(C)N(c2ccccc2)C(=O)N[C@H]1c1cccc([N+](=O)[O-])c1. The first-order valence-corrected chi connectivity index (χ1v) is 8.72. The second-order valence-corrected chi connectivity index (χ2v) is 6.13. The van der Waals surface area contributed by atoms with Gasteiger partial charge in [-0.2, -0.15) is 0 Å². The summed E-state index contributed by atoms with van der Waals surface area (Å²) in [7, 11) is 0. The lowest BCUT2D eigenvalue weighted by Gasteiger charge is -2.35. The molecule has 0 unspecified atom stereocenters. The maximum atomic E-state index is 12.8. The van der Waals surface area contributed by atoms with E-state index >= 15 is 0 Å². The van der Waals surface area contributed by atoms with Crippen molar-refractivity contribution in [3.8, 4) is 0 Å². The third kappa shape index (κ3) is 3.57. The monoisotopic (exact) mass is 381 g/mol. The fraction of sp³-hybridized carbons (Fsp3) is 0.200. The number of hydrogen-bond acceptors (Lipinski definition) is 5. The lowest BCUT2D eigenvalue weighted by atomic mass is 9.94. The van der Waals surface area contributed by atoms with E-state index in [2.05, 4.69) is 5.32 Å². The zero-order chi connectivity index (χ0) is 20.3. The molecule has 1 N–H and O–H groups in total. The number of anilines is 1. The van der Waals surface area contributed by atoms with Crippen LogP contribution in [0.1, 0.15) is 25.5 Å². The molecule has 1 heterocycles. The van der Waals surface area contributed by atoms with Crippen molar-refractivity contribution in [1.82, 2.24) is 5.32 Å². The molecule has 144 valence electrons. The van der Waals surface area contributed by atoms with Crippen molar-refractivity contribution in [3.05, 3.63) is 81.5 Å². The quantitative estimate of drug-likeness (QED) is 0.483. The van der Waals surface area contributed by atoms with Crippen molar-refractivity contribution in [2.24, 2.45) is 0 Å². The van der Waals surface area contributed by atoms with Gasteiger partial charge in [-0.1, -0.05) is 30.3 Å². The number of carbonyl (C=O) groups is 2. The highest BCUT2D eigenvalue weighted by molar-refractivity contribution is 6.03. The second kappa shape index (κ2) is 7.91. The van der Waals surface area contributed by atoms with Gasteiger partial charge in [-0.05, 0) is 31.5 Å². The van der Waals surface area contributed by atoms with E-state index in [9.17, 15) is 19.7 Å². The Morgan fingerprint density at radius 1 is 1.21 bits per heavy atom. The van der Waals surface area contributed by atoms with Gasteiger partial charge in [0, 0.05) is 17.8 Å². The molecule has 2 amide bonds. The molecule has 2 aromatic rings. The first-order valence-electron chi connectivity index (χ1n) is 8.72. The van der Waals surface area contributed by atoms with Gasteiger partial charge in [0.2, 0.25) is 0 Å². The largest absolute Gasteiger partial charge is 0.463 e. The Hall–Kier alpha value is -3.68. The number of nitro groups is 1. The van der Waals surface area contributed by atoms with Gasteiger partial charge in [-0.15, -0.1) is 0 Å². The highest BCUT2D eigenvalue weighted by atomic mass is 16.6. The summed E-state index contributed by atoms with van der Waals surface area (Å²) in [4.78, 5) is 37.5. The van der Waals surface area contributed by atoms with Crippen LogP contribution in [0, 0.1) is 10.1 Å². The number of esters is 1. The van der Waals surface area contributed by atoms with Crippen molar-refractivity contribution >= 4 is 23.4 Å². The number of carbonyl (C=O) groups excluding carboxylic acids is 2. The highest BCUT2D eigenvalue weighted by Gasteiger charge is 2.37. The van der Waals surface area contributed by atoms with Gasteiger partial charge in [0.1, 0.15) is 0 Å². The summed E-state index contributed by atoms with van der Waals surface area (Å²) in [5.41, 5.74) is 1.53. The minimum absolute atomic E-state index is 0.127. The number of hydrogen-bond donors (Lipinski definition) is 1. The number of rotatable bonds is 5. The van der Waals surface area contributed by atoms with Crippen molar-refractivity contribution in [3.63, 3.8) is 0 Å². The molecule has 0 bridgehead atoms. The minimum atomic E-state index is -0.855. The average Bonchev–Trinajstić information content (AvgIpc) is 2.68. The Balaban J connectivity index is 2.14. The third-order valence-corrected chi connectivity index (χ3v) is 4.41. The van der Waals surface area contributed by atoms with E-state index in [-0.39, 0.29) is 17.9 Å². The second-order valence-electron chi connectivity index (χ2n) is 6.13. The molecule has 0 aliphatic carbocycles. The zero-order valence-corrected chi connectivity index (χ0v) is 15.4. The lowest BCUT2D eigenvalue weighted by molar-refractivity contribution is -0.384. The number of nitrogens with one attached hydrogen (secondary N) is 1. The number of nitrogens with zero attached hydrogens (tertiary/aromatic N) is 2. The fourth-order valence-corrected chi connectivity index (χ4v) is 3.17. The van der Waals surface area contributed by atoms with Crippen LogP contribution in [0.15, 0.2) is 65.9 Å². The Bertz CT molecular complexity index is 955. The number of allylic oxidation sites excluding steroid dienone is 1. The van der Waals surface area contributed by atoms with E-state index in [0.717, 1.165) is 0 Å². The van der Waals surface area contributed by atoms with Gasteiger partial charge < -0.3 is 10.1 Å². The molecule has 0 saturated heterocycles. The highest BCUT2D eigenvalue weighted by Crippen LogP contribution is 2.34. The number of nitro benzene ring substituents is 1. The molecule has 0 saturated carbocycles. The van der Waals surface area contributed by atoms with Crippen LogP contribution in [0.4, 0.5) is 16.2 Å². The van der Waals surface area contributed by atoms with Gasteiger partial charge in [-0.25, -0.2) is 9.59 Å². The van der Waals surface area contributed by atoms with E-state index in [1.807, 2.05) is 6.07 Å². The number of benzene rings is 2. The third-order valence-electron chi connectivity index (χ3n) is 4.41. The summed E-state index contributed by atoms with van der Waals surface area (Å²) < 4.78 is 5.19. The smallest absolute Gasteiger partial charge is 0.338 e. The van der Waals surface area contributed by atoms with Crippen LogP contribution in [-0.2, 0) is 9.53 Å². The summed E-state index contributed by atoms with van der Waals surface area (Å²) in [5.74, 6) is -0.586. The molecule has 8 nitrogen and oxygen atoms in total. The van der Waals surface area contributed by atoms with Gasteiger partial charge in [0.25, 0.3) is 5.69 Å². The van der Waals surface area contributed by atoms with E-state index in [1.54, 1.807) is 44.2 Å². The average molecular weight is 381 g/mol. The molecule has 28 heavy (non-hydrogen) atoms. The zero-order valence-electron chi connectivity index (χ0n) is 15.4. The molecule has 0 radical (unpaired) electrons. The first-order chi connectivity index (χ1) is 13.4. The molecule has 8 heteroatoms. The van der Waals surface area contributed by atoms with Gasteiger partial charge in [0.05, 0.1) is 28.8 Å². The predicted octanol–water partition coefficient (Wildman–Crippen LogP) is 3.70. The number of urea groups is 1. The van der Waals surface area contributed by atoms with Gasteiger partial charge >= 0.3 is 12.0 Å². The minimum Gasteiger partial charge on any atom is -0.463 e. The fourth-order valence-electron chi connectivity index (χ4n) is 3.17. The Labute approximate surface area is 161 Å². The molecule has 3 rings (SSSR count). The van der Waals surface area contributed by atoms with Crippen LogP contribution < -0.4 is 10.2 Å². The number of para-hydroxylation sites is 1. The van der Waals surface area contributed by atoms with Crippen LogP contribution >= 0.6 is 0 Å². The summed E-state index contributed by atoms with van der Waals surface area (Å²) in [6, 6.07) is 13.4. The Morgan fingerprint density at radius 2 is 1.93 bits per heavy atom. The first kappa shape index (κ1) is 19.1. The summed E-state index contributed by atoms with van der Waals surface area (Å²) in [6.07, 6.45) is 0. The standard InChI is InChI=1S/C20H19N3O5/c1-3-28-19(24)17-13(2)22(15-9-5-4-6-10-15)20(25)21-18(17)14-8-7-11-16(12-14)23(26)27/h4-12,18H,3H2,1-2H3,(H,21,25)/t18-/m0/s1. The number of non-ortho nitro benzene ring substituents is 1.